The Hall–Kier alpha value is -1.75. The SMILES string of the molecule is COC(=O)CCc1nc(-c2ccc(F)cc2)cs1. The van der Waals surface area contributed by atoms with Crippen molar-refractivity contribution in [2.24, 2.45) is 0 Å². The molecule has 0 saturated heterocycles. The molecule has 0 aliphatic heterocycles. The van der Waals surface area contributed by atoms with E-state index in [4.69, 9.17) is 0 Å². The van der Waals surface area contributed by atoms with Gasteiger partial charge >= 0.3 is 5.97 Å². The van der Waals surface area contributed by atoms with Crippen LogP contribution in [0.5, 0.6) is 0 Å². The van der Waals surface area contributed by atoms with E-state index < -0.39 is 0 Å². The molecule has 0 atom stereocenters. The first-order valence-corrected chi connectivity index (χ1v) is 6.34. The van der Waals surface area contributed by atoms with Gasteiger partial charge in [0.1, 0.15) is 5.82 Å². The van der Waals surface area contributed by atoms with E-state index >= 15 is 0 Å². The van der Waals surface area contributed by atoms with Crippen molar-refractivity contribution in [1.82, 2.24) is 4.98 Å². The summed E-state index contributed by atoms with van der Waals surface area (Å²) >= 11 is 1.49. The van der Waals surface area contributed by atoms with Crippen molar-refractivity contribution in [3.63, 3.8) is 0 Å². The van der Waals surface area contributed by atoms with E-state index in [1.165, 1.54) is 30.6 Å². The summed E-state index contributed by atoms with van der Waals surface area (Å²) in [5.41, 5.74) is 1.68. The second-order valence-corrected chi connectivity index (χ2v) is 4.65. The summed E-state index contributed by atoms with van der Waals surface area (Å²) in [7, 11) is 1.37. The number of rotatable bonds is 4. The molecule has 0 unspecified atom stereocenters. The minimum atomic E-state index is -0.264. The first-order chi connectivity index (χ1) is 8.69. The number of benzene rings is 1. The summed E-state index contributed by atoms with van der Waals surface area (Å²) in [5, 5.41) is 2.78. The number of methoxy groups -OCH3 is 1. The van der Waals surface area contributed by atoms with Crippen LogP contribution in [0.4, 0.5) is 4.39 Å². The molecule has 94 valence electrons. The van der Waals surface area contributed by atoms with Gasteiger partial charge in [0.05, 0.1) is 24.2 Å². The summed E-state index contributed by atoms with van der Waals surface area (Å²) in [6, 6.07) is 6.19. The molecule has 18 heavy (non-hydrogen) atoms. The molecule has 0 fully saturated rings. The molecular formula is C13H12FNO2S. The van der Waals surface area contributed by atoms with Crippen LogP contribution in [0.1, 0.15) is 11.4 Å². The third kappa shape index (κ3) is 3.13. The average molecular weight is 265 g/mol. The van der Waals surface area contributed by atoms with Crippen LogP contribution in [0, 0.1) is 5.82 Å². The lowest BCUT2D eigenvalue weighted by molar-refractivity contribution is -0.140. The van der Waals surface area contributed by atoms with Gasteiger partial charge in [-0.3, -0.25) is 4.79 Å². The Balaban J connectivity index is 2.06. The van der Waals surface area contributed by atoms with Crippen molar-refractivity contribution in [2.45, 2.75) is 12.8 Å². The van der Waals surface area contributed by atoms with Crippen LogP contribution in [-0.4, -0.2) is 18.1 Å². The largest absolute Gasteiger partial charge is 0.469 e. The zero-order valence-corrected chi connectivity index (χ0v) is 10.7. The maximum Gasteiger partial charge on any atom is 0.305 e. The van der Waals surface area contributed by atoms with Gasteiger partial charge in [-0.05, 0) is 24.3 Å². The molecule has 0 aliphatic rings. The van der Waals surface area contributed by atoms with E-state index in [1.807, 2.05) is 5.38 Å². The van der Waals surface area contributed by atoms with Crippen molar-refractivity contribution in [3.8, 4) is 11.3 Å². The van der Waals surface area contributed by atoms with Crippen molar-refractivity contribution >= 4 is 17.3 Å². The van der Waals surface area contributed by atoms with Crippen LogP contribution >= 0.6 is 11.3 Å². The molecule has 5 heteroatoms. The van der Waals surface area contributed by atoms with Gasteiger partial charge in [0.25, 0.3) is 0 Å². The van der Waals surface area contributed by atoms with Crippen LogP contribution < -0.4 is 0 Å². The van der Waals surface area contributed by atoms with Crippen molar-refractivity contribution in [3.05, 3.63) is 40.5 Å². The minimum absolute atomic E-state index is 0.242. The van der Waals surface area contributed by atoms with E-state index in [1.54, 1.807) is 12.1 Å². The molecule has 0 spiro atoms. The molecule has 3 nitrogen and oxygen atoms in total. The third-order valence-corrected chi connectivity index (χ3v) is 3.37. The monoisotopic (exact) mass is 265 g/mol. The van der Waals surface area contributed by atoms with Gasteiger partial charge in [0.2, 0.25) is 0 Å². The molecule has 0 N–H and O–H groups in total. The molecule has 1 aromatic carbocycles. The van der Waals surface area contributed by atoms with Gasteiger partial charge in [0, 0.05) is 17.4 Å². The topological polar surface area (TPSA) is 39.2 Å². The molecule has 0 radical (unpaired) electrons. The second kappa shape index (κ2) is 5.73. The molecule has 1 aromatic heterocycles. The summed E-state index contributed by atoms with van der Waals surface area (Å²) < 4.78 is 17.4. The Morgan fingerprint density at radius 2 is 2.11 bits per heavy atom. The quantitative estimate of drug-likeness (QED) is 0.798. The van der Waals surface area contributed by atoms with Crippen molar-refractivity contribution in [1.29, 1.82) is 0 Å². The van der Waals surface area contributed by atoms with E-state index in [-0.39, 0.29) is 11.8 Å². The van der Waals surface area contributed by atoms with Gasteiger partial charge < -0.3 is 4.74 Å². The molecule has 0 saturated carbocycles. The van der Waals surface area contributed by atoms with E-state index in [2.05, 4.69) is 9.72 Å². The zero-order valence-electron chi connectivity index (χ0n) is 9.85. The summed E-state index contributed by atoms with van der Waals surface area (Å²) in [6.45, 7) is 0. The summed E-state index contributed by atoms with van der Waals surface area (Å²) in [4.78, 5) is 15.4. The van der Waals surface area contributed by atoms with Gasteiger partial charge in [-0.1, -0.05) is 0 Å². The van der Waals surface area contributed by atoms with E-state index in [9.17, 15) is 9.18 Å². The minimum Gasteiger partial charge on any atom is -0.469 e. The number of carbonyl (C=O) groups is 1. The lowest BCUT2D eigenvalue weighted by atomic mass is 10.2. The normalized spacial score (nSPS) is 10.3. The lowest BCUT2D eigenvalue weighted by Crippen LogP contribution is -2.01. The predicted molar refractivity (Wildman–Crippen MR) is 67.8 cm³/mol. The number of carbonyl (C=O) groups excluding carboxylic acids is 1. The maximum atomic E-state index is 12.8. The van der Waals surface area contributed by atoms with Gasteiger partial charge in [-0.15, -0.1) is 11.3 Å². The number of aryl methyl sites for hydroxylation is 1. The zero-order chi connectivity index (χ0) is 13.0. The van der Waals surface area contributed by atoms with Gasteiger partial charge in [-0.25, -0.2) is 9.37 Å². The number of hydrogen-bond donors (Lipinski definition) is 0. The molecule has 2 rings (SSSR count). The Morgan fingerprint density at radius 3 is 2.78 bits per heavy atom. The molecular weight excluding hydrogens is 253 g/mol. The number of ether oxygens (including phenoxy) is 1. The molecule has 0 bridgehead atoms. The summed E-state index contributed by atoms with van der Waals surface area (Å²) in [5.74, 6) is -0.506. The average Bonchev–Trinajstić information content (AvgIpc) is 2.85. The first-order valence-electron chi connectivity index (χ1n) is 5.46. The molecule has 1 heterocycles. The number of halogens is 1. The number of nitrogens with zero attached hydrogens (tertiary/aromatic N) is 1. The number of esters is 1. The standard InChI is InChI=1S/C13H12FNO2S/c1-17-13(16)7-6-12-15-11(8-18-12)9-2-4-10(14)5-3-9/h2-5,8H,6-7H2,1H3. The van der Waals surface area contributed by atoms with Crippen LogP contribution in [0.2, 0.25) is 0 Å². The molecule has 2 aromatic rings. The third-order valence-electron chi connectivity index (χ3n) is 2.46. The van der Waals surface area contributed by atoms with Crippen LogP contribution in [0.25, 0.3) is 11.3 Å². The Bertz CT molecular complexity index is 536. The fraction of sp³-hybridized carbons (Fsp3) is 0.231. The fourth-order valence-corrected chi connectivity index (χ4v) is 2.30. The second-order valence-electron chi connectivity index (χ2n) is 3.71. The van der Waals surface area contributed by atoms with Crippen molar-refractivity contribution < 1.29 is 13.9 Å². The molecule has 0 aliphatic carbocycles. The smallest absolute Gasteiger partial charge is 0.305 e. The Morgan fingerprint density at radius 1 is 1.39 bits per heavy atom. The number of thiazole rings is 1. The maximum absolute atomic E-state index is 12.8. The van der Waals surface area contributed by atoms with Crippen LogP contribution in [0.3, 0.4) is 0 Å². The van der Waals surface area contributed by atoms with Crippen molar-refractivity contribution in [2.75, 3.05) is 7.11 Å². The summed E-state index contributed by atoms with van der Waals surface area (Å²) in [6.07, 6.45) is 0.894. The van der Waals surface area contributed by atoms with Gasteiger partial charge in [0.15, 0.2) is 0 Å². The lowest BCUT2D eigenvalue weighted by Gasteiger charge is -1.97. The highest BCUT2D eigenvalue weighted by atomic mass is 32.1. The molecule has 0 amide bonds. The highest BCUT2D eigenvalue weighted by Crippen LogP contribution is 2.22. The highest BCUT2D eigenvalue weighted by Gasteiger charge is 2.07. The fourth-order valence-electron chi connectivity index (χ4n) is 1.49. The Labute approximate surface area is 108 Å². The van der Waals surface area contributed by atoms with E-state index in [0.29, 0.717) is 12.8 Å². The predicted octanol–water partition coefficient (Wildman–Crippen LogP) is 3.05. The first kappa shape index (κ1) is 12.7. The van der Waals surface area contributed by atoms with Gasteiger partial charge in [-0.2, -0.15) is 0 Å². The van der Waals surface area contributed by atoms with Crippen LogP contribution in [0.15, 0.2) is 29.6 Å². The van der Waals surface area contributed by atoms with E-state index in [0.717, 1.165) is 16.3 Å². The highest BCUT2D eigenvalue weighted by molar-refractivity contribution is 7.09. The van der Waals surface area contributed by atoms with Crippen LogP contribution in [-0.2, 0) is 16.0 Å². The number of aromatic nitrogens is 1. The number of hydrogen-bond acceptors (Lipinski definition) is 4. The Kier molecular flexibility index (Phi) is 4.04.